The molecular formula is C19H28N4O2. The molecule has 0 saturated carbocycles. The summed E-state index contributed by atoms with van der Waals surface area (Å²) in [4.78, 5) is 29.0. The predicted molar refractivity (Wildman–Crippen MR) is 98.4 cm³/mol. The van der Waals surface area contributed by atoms with Crippen LogP contribution in [0.2, 0.25) is 0 Å². The summed E-state index contributed by atoms with van der Waals surface area (Å²) in [7, 11) is 2.08. The third-order valence-corrected chi connectivity index (χ3v) is 5.07. The monoisotopic (exact) mass is 344 g/mol. The fourth-order valence-corrected chi connectivity index (χ4v) is 3.42. The van der Waals surface area contributed by atoms with E-state index in [1.165, 1.54) is 0 Å². The van der Waals surface area contributed by atoms with Gasteiger partial charge in [0.1, 0.15) is 0 Å². The minimum Gasteiger partial charge on any atom is -0.340 e. The molecule has 6 heteroatoms. The Morgan fingerprint density at radius 3 is 2.76 bits per heavy atom. The van der Waals surface area contributed by atoms with E-state index in [2.05, 4.69) is 22.6 Å². The Hall–Kier alpha value is -1.92. The van der Waals surface area contributed by atoms with E-state index in [1.807, 2.05) is 29.2 Å². The minimum atomic E-state index is 0.0318. The highest BCUT2D eigenvalue weighted by Crippen LogP contribution is 2.16. The van der Waals surface area contributed by atoms with Crippen LogP contribution in [-0.4, -0.2) is 67.9 Å². The summed E-state index contributed by atoms with van der Waals surface area (Å²) in [5.41, 5.74) is 1.72. The molecule has 1 aromatic rings. The maximum absolute atomic E-state index is 12.5. The number of nitrogens with zero attached hydrogens (tertiary/aromatic N) is 2. The second-order valence-corrected chi connectivity index (χ2v) is 7.09. The molecule has 3 rings (SSSR count). The first kappa shape index (κ1) is 17.9. The number of anilines is 1. The lowest BCUT2D eigenvalue weighted by Crippen LogP contribution is -2.47. The summed E-state index contributed by atoms with van der Waals surface area (Å²) in [6.07, 6.45) is 2.36. The number of amides is 2. The van der Waals surface area contributed by atoms with Crippen LogP contribution in [0, 0.1) is 5.92 Å². The molecule has 2 fully saturated rings. The number of piperidine rings is 1. The van der Waals surface area contributed by atoms with Gasteiger partial charge in [-0.25, -0.2) is 0 Å². The van der Waals surface area contributed by atoms with Gasteiger partial charge in [0, 0.05) is 38.4 Å². The molecular weight excluding hydrogens is 316 g/mol. The molecule has 0 aromatic heterocycles. The predicted octanol–water partition coefficient (Wildman–Crippen LogP) is 0.941. The average Bonchev–Trinajstić information content (AvgIpc) is 2.63. The SMILES string of the molecule is CN1CCN(C(=O)Cc2cccc(NC(=O)C3CCCNC3)c2)CC1. The van der Waals surface area contributed by atoms with Gasteiger partial charge in [-0.3, -0.25) is 9.59 Å². The van der Waals surface area contributed by atoms with E-state index >= 15 is 0 Å². The lowest BCUT2D eigenvalue weighted by molar-refractivity contribution is -0.132. The maximum atomic E-state index is 12.5. The summed E-state index contributed by atoms with van der Waals surface area (Å²) in [5, 5.41) is 6.26. The number of hydrogen-bond donors (Lipinski definition) is 2. The first-order valence-corrected chi connectivity index (χ1v) is 9.18. The highest BCUT2D eigenvalue weighted by molar-refractivity contribution is 5.93. The first-order chi connectivity index (χ1) is 12.1. The zero-order valence-corrected chi connectivity index (χ0v) is 15.0. The van der Waals surface area contributed by atoms with Crippen molar-refractivity contribution in [3.63, 3.8) is 0 Å². The molecule has 0 bridgehead atoms. The van der Waals surface area contributed by atoms with Crippen molar-refractivity contribution < 1.29 is 9.59 Å². The molecule has 0 spiro atoms. The van der Waals surface area contributed by atoms with Crippen LogP contribution in [0.1, 0.15) is 18.4 Å². The van der Waals surface area contributed by atoms with E-state index in [0.717, 1.165) is 63.4 Å². The summed E-state index contributed by atoms with van der Waals surface area (Å²) in [6, 6.07) is 7.66. The van der Waals surface area contributed by atoms with Gasteiger partial charge in [0.15, 0.2) is 0 Å². The highest BCUT2D eigenvalue weighted by Gasteiger charge is 2.21. The molecule has 1 atom stereocenters. The van der Waals surface area contributed by atoms with Crippen LogP contribution in [0.25, 0.3) is 0 Å². The molecule has 2 N–H and O–H groups in total. The molecule has 25 heavy (non-hydrogen) atoms. The van der Waals surface area contributed by atoms with Gasteiger partial charge < -0.3 is 20.4 Å². The summed E-state index contributed by atoms with van der Waals surface area (Å²) in [5.74, 6) is 0.257. The fraction of sp³-hybridized carbons (Fsp3) is 0.579. The molecule has 1 aromatic carbocycles. The molecule has 2 amide bonds. The van der Waals surface area contributed by atoms with E-state index < -0.39 is 0 Å². The van der Waals surface area contributed by atoms with Crippen molar-refractivity contribution in [2.24, 2.45) is 5.92 Å². The van der Waals surface area contributed by atoms with Gasteiger partial charge in [0.05, 0.1) is 12.3 Å². The first-order valence-electron chi connectivity index (χ1n) is 9.18. The van der Waals surface area contributed by atoms with Gasteiger partial charge in [0.2, 0.25) is 11.8 Å². The Morgan fingerprint density at radius 2 is 2.04 bits per heavy atom. The normalized spacial score (nSPS) is 21.8. The molecule has 2 aliphatic rings. The van der Waals surface area contributed by atoms with Crippen molar-refractivity contribution in [2.45, 2.75) is 19.3 Å². The van der Waals surface area contributed by atoms with Crippen molar-refractivity contribution in [3.05, 3.63) is 29.8 Å². The maximum Gasteiger partial charge on any atom is 0.228 e. The molecule has 2 heterocycles. The van der Waals surface area contributed by atoms with Crippen LogP contribution in [0.5, 0.6) is 0 Å². The Morgan fingerprint density at radius 1 is 1.24 bits per heavy atom. The minimum absolute atomic E-state index is 0.0318. The third-order valence-electron chi connectivity index (χ3n) is 5.07. The largest absolute Gasteiger partial charge is 0.340 e. The zero-order chi connectivity index (χ0) is 17.6. The topological polar surface area (TPSA) is 64.7 Å². The number of carbonyl (C=O) groups excluding carboxylic acids is 2. The quantitative estimate of drug-likeness (QED) is 0.853. The highest BCUT2D eigenvalue weighted by atomic mass is 16.2. The summed E-state index contributed by atoms with van der Waals surface area (Å²) >= 11 is 0. The van der Waals surface area contributed by atoms with E-state index in [1.54, 1.807) is 0 Å². The number of piperazine rings is 1. The van der Waals surface area contributed by atoms with E-state index in [9.17, 15) is 9.59 Å². The van der Waals surface area contributed by atoms with Crippen molar-refractivity contribution in [1.29, 1.82) is 0 Å². The molecule has 2 saturated heterocycles. The lowest BCUT2D eigenvalue weighted by Gasteiger charge is -2.32. The number of likely N-dealkylation sites (N-methyl/N-ethyl adjacent to an activating group) is 1. The number of carbonyl (C=O) groups is 2. The number of hydrogen-bond acceptors (Lipinski definition) is 4. The Kier molecular flexibility index (Phi) is 6.04. The van der Waals surface area contributed by atoms with Gasteiger partial charge >= 0.3 is 0 Å². The number of nitrogens with one attached hydrogen (secondary N) is 2. The van der Waals surface area contributed by atoms with Crippen LogP contribution in [-0.2, 0) is 16.0 Å². The van der Waals surface area contributed by atoms with Crippen LogP contribution in [0.4, 0.5) is 5.69 Å². The van der Waals surface area contributed by atoms with Crippen LogP contribution in [0.15, 0.2) is 24.3 Å². The van der Waals surface area contributed by atoms with E-state index in [-0.39, 0.29) is 17.7 Å². The second-order valence-electron chi connectivity index (χ2n) is 7.09. The molecule has 6 nitrogen and oxygen atoms in total. The Balaban J connectivity index is 1.55. The van der Waals surface area contributed by atoms with Crippen molar-refractivity contribution >= 4 is 17.5 Å². The molecule has 0 aliphatic carbocycles. The fourth-order valence-electron chi connectivity index (χ4n) is 3.42. The van der Waals surface area contributed by atoms with Crippen molar-refractivity contribution in [1.82, 2.24) is 15.1 Å². The van der Waals surface area contributed by atoms with E-state index in [4.69, 9.17) is 0 Å². The van der Waals surface area contributed by atoms with E-state index in [0.29, 0.717) is 6.42 Å². The molecule has 0 radical (unpaired) electrons. The van der Waals surface area contributed by atoms with Gasteiger partial charge in [-0.15, -0.1) is 0 Å². The van der Waals surface area contributed by atoms with Crippen LogP contribution >= 0.6 is 0 Å². The molecule has 2 aliphatic heterocycles. The van der Waals surface area contributed by atoms with Crippen molar-refractivity contribution in [3.8, 4) is 0 Å². The Bertz CT molecular complexity index is 605. The summed E-state index contributed by atoms with van der Waals surface area (Å²) in [6.45, 7) is 5.18. The van der Waals surface area contributed by atoms with Gasteiger partial charge in [-0.2, -0.15) is 0 Å². The third kappa shape index (κ3) is 5.03. The average molecular weight is 344 g/mol. The lowest BCUT2D eigenvalue weighted by atomic mass is 9.98. The van der Waals surface area contributed by atoms with Gasteiger partial charge in [-0.1, -0.05) is 12.1 Å². The number of benzene rings is 1. The second kappa shape index (κ2) is 8.45. The zero-order valence-electron chi connectivity index (χ0n) is 15.0. The summed E-state index contributed by atoms with van der Waals surface area (Å²) < 4.78 is 0. The van der Waals surface area contributed by atoms with Gasteiger partial charge in [0.25, 0.3) is 0 Å². The standard InChI is InChI=1S/C19H28N4O2/c1-22-8-10-23(11-9-22)18(24)13-15-4-2-6-17(12-15)21-19(25)16-5-3-7-20-14-16/h2,4,6,12,16,20H,3,5,7-11,13-14H2,1H3,(H,21,25). The number of rotatable bonds is 4. The smallest absolute Gasteiger partial charge is 0.228 e. The molecule has 136 valence electrons. The van der Waals surface area contributed by atoms with Gasteiger partial charge in [-0.05, 0) is 44.1 Å². The van der Waals surface area contributed by atoms with Crippen LogP contribution in [0.3, 0.4) is 0 Å². The van der Waals surface area contributed by atoms with Crippen LogP contribution < -0.4 is 10.6 Å². The van der Waals surface area contributed by atoms with Crippen molar-refractivity contribution in [2.75, 3.05) is 51.6 Å². The Labute approximate surface area is 149 Å². The molecule has 1 unspecified atom stereocenters.